The molecule has 0 radical (unpaired) electrons. The molecule has 2 aromatic rings. The molecule has 1 unspecified atom stereocenters. The highest BCUT2D eigenvalue weighted by Crippen LogP contribution is 2.34. The minimum absolute atomic E-state index is 0.0388. The van der Waals surface area contributed by atoms with Crippen LogP contribution in [0.25, 0.3) is 10.8 Å². The van der Waals surface area contributed by atoms with Gasteiger partial charge in [0, 0.05) is 6.07 Å². The Hall–Kier alpha value is -2.43. The average molecular weight is 245 g/mol. The first-order valence-corrected chi connectivity index (χ1v) is 5.40. The van der Waals surface area contributed by atoms with Crippen molar-refractivity contribution in [1.82, 2.24) is 0 Å². The maximum Gasteiger partial charge on any atom is 0.293 e. The van der Waals surface area contributed by atoms with Crippen LogP contribution in [0.4, 0.5) is 5.69 Å². The zero-order valence-corrected chi connectivity index (χ0v) is 9.70. The summed E-state index contributed by atoms with van der Waals surface area (Å²) in [5.74, 6) is 0. The number of hydrogen-bond acceptors (Lipinski definition) is 4. The van der Waals surface area contributed by atoms with Crippen LogP contribution in [0.15, 0.2) is 36.4 Å². The lowest BCUT2D eigenvalue weighted by Gasteiger charge is -2.13. The molecule has 0 N–H and O–H groups in total. The van der Waals surface area contributed by atoms with Gasteiger partial charge in [-0.3, -0.25) is 14.9 Å². The second-order valence-corrected chi connectivity index (χ2v) is 3.85. The van der Waals surface area contributed by atoms with Gasteiger partial charge in [-0.1, -0.05) is 24.3 Å². The van der Waals surface area contributed by atoms with Gasteiger partial charge < -0.3 is 4.74 Å². The Labute approximate surface area is 103 Å². The minimum Gasteiger partial charge on any atom is -0.460 e. The molecule has 0 aliphatic rings. The predicted molar refractivity (Wildman–Crippen MR) is 66.2 cm³/mol. The van der Waals surface area contributed by atoms with E-state index in [1.54, 1.807) is 25.1 Å². The van der Waals surface area contributed by atoms with Crippen LogP contribution in [0, 0.1) is 10.1 Å². The number of rotatable bonds is 4. The average Bonchev–Trinajstić information content (AvgIpc) is 2.37. The van der Waals surface area contributed by atoms with E-state index in [0.717, 1.165) is 10.8 Å². The van der Waals surface area contributed by atoms with Crippen LogP contribution in [0.5, 0.6) is 0 Å². The van der Waals surface area contributed by atoms with Crippen molar-refractivity contribution in [2.75, 3.05) is 0 Å². The molecular formula is C13H11NO4. The Morgan fingerprint density at radius 1 is 1.28 bits per heavy atom. The molecule has 5 heteroatoms. The molecule has 2 aromatic carbocycles. The van der Waals surface area contributed by atoms with Crippen molar-refractivity contribution in [3.8, 4) is 0 Å². The quantitative estimate of drug-likeness (QED) is 0.471. The summed E-state index contributed by atoms with van der Waals surface area (Å²) in [7, 11) is 0. The van der Waals surface area contributed by atoms with E-state index in [1.807, 2.05) is 12.1 Å². The molecule has 0 saturated heterocycles. The number of carbonyl (C=O) groups is 1. The van der Waals surface area contributed by atoms with E-state index in [-0.39, 0.29) is 5.69 Å². The molecule has 0 amide bonds. The number of ether oxygens (including phenoxy) is 1. The van der Waals surface area contributed by atoms with Crippen molar-refractivity contribution in [2.24, 2.45) is 0 Å². The van der Waals surface area contributed by atoms with Gasteiger partial charge in [-0.15, -0.1) is 0 Å². The number of benzene rings is 2. The van der Waals surface area contributed by atoms with E-state index in [2.05, 4.69) is 0 Å². The molecule has 0 aliphatic heterocycles. The van der Waals surface area contributed by atoms with Crippen molar-refractivity contribution in [3.05, 3.63) is 52.1 Å². The molecule has 0 heterocycles. The fourth-order valence-corrected chi connectivity index (χ4v) is 2.02. The fourth-order valence-electron chi connectivity index (χ4n) is 2.02. The maximum absolute atomic E-state index is 11.0. The van der Waals surface area contributed by atoms with Crippen LogP contribution in [0.1, 0.15) is 18.6 Å². The lowest BCUT2D eigenvalue weighted by molar-refractivity contribution is -0.385. The Balaban J connectivity index is 2.73. The number of carbonyl (C=O) groups excluding carboxylic acids is 1. The maximum atomic E-state index is 11.0. The molecule has 92 valence electrons. The zero-order valence-electron chi connectivity index (χ0n) is 9.70. The predicted octanol–water partition coefficient (Wildman–Crippen LogP) is 2.98. The monoisotopic (exact) mass is 245 g/mol. The summed E-state index contributed by atoms with van der Waals surface area (Å²) < 4.78 is 4.84. The van der Waals surface area contributed by atoms with Gasteiger partial charge in [0.1, 0.15) is 6.10 Å². The number of nitro groups is 1. The van der Waals surface area contributed by atoms with Crippen molar-refractivity contribution >= 4 is 22.9 Å². The highest BCUT2D eigenvalue weighted by atomic mass is 16.6. The Morgan fingerprint density at radius 2 is 2.00 bits per heavy atom. The molecule has 0 aromatic heterocycles. The molecule has 0 aliphatic carbocycles. The first kappa shape index (κ1) is 12.0. The zero-order chi connectivity index (χ0) is 13.1. The van der Waals surface area contributed by atoms with Gasteiger partial charge in [0.2, 0.25) is 0 Å². The molecule has 0 bridgehead atoms. The van der Waals surface area contributed by atoms with Gasteiger partial charge in [-0.25, -0.2) is 0 Å². The van der Waals surface area contributed by atoms with Gasteiger partial charge in [-0.05, 0) is 23.8 Å². The lowest BCUT2D eigenvalue weighted by atomic mass is 9.99. The summed E-state index contributed by atoms with van der Waals surface area (Å²) in [6.07, 6.45) is -0.658. The van der Waals surface area contributed by atoms with Gasteiger partial charge in [-0.2, -0.15) is 0 Å². The van der Waals surface area contributed by atoms with E-state index in [0.29, 0.717) is 12.0 Å². The molecule has 0 fully saturated rings. The Bertz CT molecular complexity index is 609. The Kier molecular flexibility index (Phi) is 3.23. The van der Waals surface area contributed by atoms with E-state index < -0.39 is 11.0 Å². The van der Waals surface area contributed by atoms with Gasteiger partial charge in [0.25, 0.3) is 12.2 Å². The summed E-state index contributed by atoms with van der Waals surface area (Å²) in [6, 6.07) is 10.4. The second-order valence-electron chi connectivity index (χ2n) is 3.85. The largest absolute Gasteiger partial charge is 0.460 e. The number of fused-ring (bicyclic) bond motifs is 1. The van der Waals surface area contributed by atoms with E-state index >= 15 is 0 Å². The van der Waals surface area contributed by atoms with E-state index in [1.165, 1.54) is 6.07 Å². The van der Waals surface area contributed by atoms with E-state index in [4.69, 9.17) is 4.74 Å². The molecule has 18 heavy (non-hydrogen) atoms. The van der Waals surface area contributed by atoms with Crippen LogP contribution in [0.3, 0.4) is 0 Å². The summed E-state index contributed by atoms with van der Waals surface area (Å²) in [5, 5.41) is 12.6. The van der Waals surface area contributed by atoms with Crippen LogP contribution in [-0.2, 0) is 9.53 Å². The van der Waals surface area contributed by atoms with Crippen LogP contribution >= 0.6 is 0 Å². The molecule has 2 rings (SSSR count). The molecule has 1 atom stereocenters. The summed E-state index contributed by atoms with van der Waals surface area (Å²) in [4.78, 5) is 21.0. The first-order chi connectivity index (χ1) is 8.65. The SMILES string of the molecule is CC(OC=O)c1c([N+](=O)[O-])ccc2ccccc12. The van der Waals surface area contributed by atoms with Gasteiger partial charge in [0.15, 0.2) is 0 Å². The molecular weight excluding hydrogens is 234 g/mol. The van der Waals surface area contributed by atoms with Crippen LogP contribution in [0.2, 0.25) is 0 Å². The lowest BCUT2D eigenvalue weighted by Crippen LogP contribution is -2.04. The van der Waals surface area contributed by atoms with E-state index in [9.17, 15) is 14.9 Å². The van der Waals surface area contributed by atoms with Gasteiger partial charge in [0.05, 0.1) is 10.5 Å². The second kappa shape index (κ2) is 4.83. The van der Waals surface area contributed by atoms with Crippen molar-refractivity contribution in [1.29, 1.82) is 0 Å². The van der Waals surface area contributed by atoms with Crippen molar-refractivity contribution in [3.63, 3.8) is 0 Å². The summed E-state index contributed by atoms with van der Waals surface area (Å²) >= 11 is 0. The number of nitrogens with zero attached hydrogens (tertiary/aromatic N) is 1. The first-order valence-electron chi connectivity index (χ1n) is 5.40. The molecule has 0 spiro atoms. The summed E-state index contributed by atoms with van der Waals surface area (Å²) in [6.45, 7) is 1.92. The fraction of sp³-hybridized carbons (Fsp3) is 0.154. The van der Waals surface area contributed by atoms with Crippen molar-refractivity contribution < 1.29 is 14.5 Å². The topological polar surface area (TPSA) is 69.4 Å². The number of nitro benzene ring substituents is 1. The van der Waals surface area contributed by atoms with Crippen LogP contribution < -0.4 is 0 Å². The highest BCUT2D eigenvalue weighted by Gasteiger charge is 2.22. The molecule has 5 nitrogen and oxygen atoms in total. The smallest absolute Gasteiger partial charge is 0.293 e. The third-order valence-electron chi connectivity index (χ3n) is 2.81. The standard InChI is InChI=1S/C13H11NO4/c1-9(18-8-15)13-11-5-3-2-4-10(11)6-7-12(13)14(16)17/h2-9H,1H3. The normalized spacial score (nSPS) is 12.1. The third kappa shape index (κ3) is 2.02. The molecule has 0 saturated carbocycles. The van der Waals surface area contributed by atoms with Crippen LogP contribution in [-0.4, -0.2) is 11.4 Å². The van der Waals surface area contributed by atoms with Crippen molar-refractivity contribution in [2.45, 2.75) is 13.0 Å². The number of hydrogen-bond donors (Lipinski definition) is 0. The van der Waals surface area contributed by atoms with Gasteiger partial charge >= 0.3 is 0 Å². The highest BCUT2D eigenvalue weighted by molar-refractivity contribution is 5.89. The summed E-state index contributed by atoms with van der Waals surface area (Å²) in [5.41, 5.74) is 0.383. The Morgan fingerprint density at radius 3 is 2.67 bits per heavy atom. The third-order valence-corrected chi connectivity index (χ3v) is 2.81. The minimum atomic E-state index is -0.658.